The third-order valence-electron chi connectivity index (χ3n) is 5.44. The number of halogens is 1. The number of benzene rings is 1. The van der Waals surface area contributed by atoms with Crippen molar-refractivity contribution in [1.29, 1.82) is 0 Å². The number of rotatable bonds is 5. The average molecular weight is 430 g/mol. The molecule has 1 fully saturated rings. The molecular formula is C24H20FN5S. The van der Waals surface area contributed by atoms with Crippen molar-refractivity contribution in [3.05, 3.63) is 114 Å². The fourth-order valence-electron chi connectivity index (χ4n) is 4.08. The average Bonchev–Trinajstić information content (AvgIpc) is 3.40. The topological polar surface area (TPSA) is 46.0 Å². The van der Waals surface area contributed by atoms with Crippen molar-refractivity contribution in [3.8, 4) is 5.69 Å². The van der Waals surface area contributed by atoms with Crippen molar-refractivity contribution in [1.82, 2.24) is 24.8 Å². The lowest BCUT2D eigenvalue weighted by atomic mass is 10.0. The smallest absolute Gasteiger partial charge is 0.170 e. The number of hydrogen-bond donors (Lipinski definition) is 1. The summed E-state index contributed by atoms with van der Waals surface area (Å²) in [5, 5.41) is 4.11. The molecule has 0 amide bonds. The Balaban J connectivity index is 1.61. The van der Waals surface area contributed by atoms with E-state index in [-0.39, 0.29) is 17.9 Å². The van der Waals surface area contributed by atoms with Gasteiger partial charge in [-0.15, -0.1) is 0 Å². The molecular weight excluding hydrogens is 409 g/mol. The lowest BCUT2D eigenvalue weighted by molar-refractivity contribution is 0.302. The predicted octanol–water partition coefficient (Wildman–Crippen LogP) is 4.58. The molecule has 0 radical (unpaired) electrons. The first kappa shape index (κ1) is 19.4. The van der Waals surface area contributed by atoms with Gasteiger partial charge in [0, 0.05) is 42.7 Å². The minimum absolute atomic E-state index is 0.138. The molecule has 0 spiro atoms. The number of nitrogens with one attached hydrogen (secondary N) is 1. The zero-order chi connectivity index (χ0) is 21.2. The van der Waals surface area contributed by atoms with Crippen LogP contribution in [0.15, 0.2) is 91.5 Å². The molecule has 1 saturated heterocycles. The molecule has 1 aromatic carbocycles. The van der Waals surface area contributed by atoms with Crippen molar-refractivity contribution in [3.63, 3.8) is 0 Å². The van der Waals surface area contributed by atoms with E-state index in [1.165, 1.54) is 12.1 Å². The van der Waals surface area contributed by atoms with Crippen LogP contribution in [0.4, 0.5) is 4.39 Å². The highest BCUT2D eigenvalue weighted by molar-refractivity contribution is 7.80. The Labute approximate surface area is 185 Å². The van der Waals surface area contributed by atoms with Gasteiger partial charge in [-0.05, 0) is 66.3 Å². The molecule has 0 saturated carbocycles. The van der Waals surface area contributed by atoms with Crippen molar-refractivity contribution < 1.29 is 4.39 Å². The van der Waals surface area contributed by atoms with E-state index >= 15 is 0 Å². The molecule has 154 valence electrons. The summed E-state index contributed by atoms with van der Waals surface area (Å²) in [5.74, 6) is -0.272. The second-order valence-electron chi connectivity index (χ2n) is 7.40. The van der Waals surface area contributed by atoms with Crippen molar-refractivity contribution in [2.45, 2.75) is 18.6 Å². The molecule has 1 N–H and O–H groups in total. The maximum atomic E-state index is 14.0. The van der Waals surface area contributed by atoms with Crippen LogP contribution in [0, 0.1) is 5.82 Å². The summed E-state index contributed by atoms with van der Waals surface area (Å²) in [4.78, 5) is 11.0. The maximum Gasteiger partial charge on any atom is 0.170 e. The minimum Gasteiger partial charge on any atom is -0.352 e. The monoisotopic (exact) mass is 429 g/mol. The molecule has 31 heavy (non-hydrogen) atoms. The standard InChI is InChI=1S/C24H20FN5S/c25-18-7-3-8-19(14-18)29-13-5-10-21(29)23-22(20-9-1-2-12-27-20)28-24(31)30(23)16-17-6-4-11-26-15-17/h1-15,22-23H,16H2,(H,28,31)/t22-,23-/m0/s1. The molecule has 5 nitrogen and oxygen atoms in total. The highest BCUT2D eigenvalue weighted by Gasteiger charge is 2.41. The van der Waals surface area contributed by atoms with Gasteiger partial charge in [0.15, 0.2) is 5.11 Å². The molecule has 4 aromatic rings. The van der Waals surface area contributed by atoms with Crippen LogP contribution in [0.1, 0.15) is 29.0 Å². The minimum atomic E-state index is -0.272. The van der Waals surface area contributed by atoms with E-state index in [0.29, 0.717) is 11.7 Å². The van der Waals surface area contributed by atoms with E-state index in [0.717, 1.165) is 22.6 Å². The summed E-state index contributed by atoms with van der Waals surface area (Å²) in [6.07, 6.45) is 7.34. The summed E-state index contributed by atoms with van der Waals surface area (Å²) in [6.45, 7) is 0.599. The summed E-state index contributed by atoms with van der Waals surface area (Å²) in [6, 6.07) is 20.2. The predicted molar refractivity (Wildman–Crippen MR) is 121 cm³/mol. The Morgan fingerprint density at radius 3 is 2.71 bits per heavy atom. The second kappa shape index (κ2) is 8.28. The van der Waals surface area contributed by atoms with Gasteiger partial charge in [0.1, 0.15) is 5.82 Å². The van der Waals surface area contributed by atoms with Gasteiger partial charge in [0.2, 0.25) is 0 Å². The Hall–Kier alpha value is -3.58. The molecule has 2 atom stereocenters. The summed E-state index contributed by atoms with van der Waals surface area (Å²) in [7, 11) is 0. The highest BCUT2D eigenvalue weighted by atomic mass is 32.1. The molecule has 1 aliphatic heterocycles. The lowest BCUT2D eigenvalue weighted by Gasteiger charge is -2.29. The van der Waals surface area contributed by atoms with Crippen molar-refractivity contribution in [2.24, 2.45) is 0 Å². The van der Waals surface area contributed by atoms with E-state index < -0.39 is 0 Å². The Bertz CT molecular complexity index is 1190. The molecule has 0 aliphatic carbocycles. The molecule has 4 heterocycles. The summed E-state index contributed by atoms with van der Waals surface area (Å²) in [5.41, 5.74) is 3.72. The van der Waals surface area contributed by atoms with Gasteiger partial charge >= 0.3 is 0 Å². The summed E-state index contributed by atoms with van der Waals surface area (Å²) >= 11 is 5.75. The van der Waals surface area contributed by atoms with Crippen LogP contribution in [0.2, 0.25) is 0 Å². The highest BCUT2D eigenvalue weighted by Crippen LogP contribution is 2.40. The SMILES string of the molecule is Fc1cccc(-n2cccc2[C@H]2[C@H](c3ccccn3)NC(=S)N2Cc2cccnc2)c1. The van der Waals surface area contributed by atoms with Crippen LogP contribution in [-0.4, -0.2) is 24.5 Å². The number of thiocarbonyl (C=S) groups is 1. The van der Waals surface area contributed by atoms with Gasteiger partial charge < -0.3 is 14.8 Å². The van der Waals surface area contributed by atoms with E-state index in [1.807, 2.05) is 59.4 Å². The van der Waals surface area contributed by atoms with Gasteiger partial charge in [-0.2, -0.15) is 0 Å². The van der Waals surface area contributed by atoms with Crippen LogP contribution in [-0.2, 0) is 6.54 Å². The Morgan fingerprint density at radius 1 is 1.00 bits per heavy atom. The van der Waals surface area contributed by atoms with Crippen molar-refractivity contribution in [2.75, 3.05) is 0 Å². The van der Waals surface area contributed by atoms with Crippen LogP contribution in [0.5, 0.6) is 0 Å². The first-order chi connectivity index (χ1) is 15.2. The second-order valence-corrected chi connectivity index (χ2v) is 7.79. The van der Waals surface area contributed by atoms with E-state index in [2.05, 4.69) is 26.3 Å². The molecule has 7 heteroatoms. The quantitative estimate of drug-likeness (QED) is 0.471. The van der Waals surface area contributed by atoms with E-state index in [9.17, 15) is 4.39 Å². The lowest BCUT2D eigenvalue weighted by Crippen LogP contribution is -2.30. The van der Waals surface area contributed by atoms with Crippen molar-refractivity contribution >= 4 is 17.3 Å². The zero-order valence-electron chi connectivity index (χ0n) is 16.6. The van der Waals surface area contributed by atoms with Gasteiger partial charge in [-0.1, -0.05) is 18.2 Å². The first-order valence-corrected chi connectivity index (χ1v) is 10.4. The first-order valence-electron chi connectivity index (χ1n) is 10.0. The Morgan fingerprint density at radius 2 is 1.94 bits per heavy atom. The maximum absolute atomic E-state index is 14.0. The van der Waals surface area contributed by atoms with Crippen LogP contribution < -0.4 is 5.32 Å². The molecule has 0 bridgehead atoms. The third kappa shape index (κ3) is 3.80. The number of nitrogens with zero attached hydrogens (tertiary/aromatic N) is 4. The number of pyridine rings is 2. The number of aromatic nitrogens is 3. The normalized spacial score (nSPS) is 18.2. The molecule has 5 rings (SSSR count). The molecule has 3 aromatic heterocycles. The molecule has 1 aliphatic rings. The van der Waals surface area contributed by atoms with Crippen LogP contribution in [0.25, 0.3) is 5.69 Å². The molecule has 0 unspecified atom stereocenters. The fraction of sp³-hybridized carbons (Fsp3) is 0.125. The van der Waals surface area contributed by atoms with Gasteiger partial charge in [-0.25, -0.2) is 4.39 Å². The van der Waals surface area contributed by atoms with Crippen LogP contribution >= 0.6 is 12.2 Å². The van der Waals surface area contributed by atoms with Gasteiger partial charge in [0.05, 0.1) is 17.8 Å². The summed E-state index contributed by atoms with van der Waals surface area (Å²) < 4.78 is 16.0. The van der Waals surface area contributed by atoms with Gasteiger partial charge in [-0.3, -0.25) is 9.97 Å². The Kier molecular flexibility index (Phi) is 5.18. The van der Waals surface area contributed by atoms with Crippen LogP contribution in [0.3, 0.4) is 0 Å². The number of hydrogen-bond acceptors (Lipinski definition) is 3. The fourth-order valence-corrected chi connectivity index (χ4v) is 4.39. The largest absolute Gasteiger partial charge is 0.352 e. The van der Waals surface area contributed by atoms with Gasteiger partial charge in [0.25, 0.3) is 0 Å². The van der Waals surface area contributed by atoms with E-state index in [4.69, 9.17) is 12.2 Å². The third-order valence-corrected chi connectivity index (χ3v) is 5.80. The zero-order valence-corrected chi connectivity index (χ0v) is 17.4. The van der Waals surface area contributed by atoms with E-state index in [1.54, 1.807) is 18.5 Å².